The van der Waals surface area contributed by atoms with Gasteiger partial charge in [-0.3, -0.25) is 9.52 Å². The highest BCUT2D eigenvalue weighted by Gasteiger charge is 2.21. The van der Waals surface area contributed by atoms with E-state index in [4.69, 9.17) is 4.74 Å². The molecule has 0 spiro atoms. The molecule has 0 heterocycles. The number of hydrogen-bond donors (Lipinski definition) is 2. The number of carbonyl (C=O) groups excluding carboxylic acids is 1. The fourth-order valence-electron chi connectivity index (χ4n) is 2.34. The number of methoxy groups -OCH3 is 1. The smallest absolute Gasteiger partial charge is 0.265 e. The number of rotatable bonds is 6. The topological polar surface area (TPSA) is 84.5 Å². The second-order valence-electron chi connectivity index (χ2n) is 5.93. The van der Waals surface area contributed by atoms with Crippen molar-refractivity contribution in [3.63, 3.8) is 0 Å². The summed E-state index contributed by atoms with van der Waals surface area (Å²) < 4.78 is 33.3. The molecule has 7 heteroatoms. The van der Waals surface area contributed by atoms with Crippen molar-refractivity contribution in [2.75, 3.05) is 17.1 Å². The van der Waals surface area contributed by atoms with E-state index in [0.29, 0.717) is 11.4 Å². The minimum absolute atomic E-state index is 0.0452. The van der Waals surface area contributed by atoms with Crippen molar-refractivity contribution in [1.82, 2.24) is 0 Å². The molecule has 0 aliphatic rings. The highest BCUT2D eigenvalue weighted by Crippen LogP contribution is 2.29. The molecule has 0 saturated heterocycles. The number of hydrogen-bond acceptors (Lipinski definition) is 4. The van der Waals surface area contributed by atoms with Gasteiger partial charge in [-0.25, -0.2) is 8.42 Å². The number of nitrogens with one attached hydrogen (secondary N) is 2. The van der Waals surface area contributed by atoms with E-state index in [1.807, 2.05) is 19.9 Å². The summed E-state index contributed by atoms with van der Waals surface area (Å²) in [4.78, 5) is 11.2. The minimum Gasteiger partial charge on any atom is -0.495 e. The average Bonchev–Trinajstić information content (AvgIpc) is 2.54. The van der Waals surface area contributed by atoms with Gasteiger partial charge in [-0.05, 0) is 41.8 Å². The van der Waals surface area contributed by atoms with Crippen LogP contribution in [0, 0.1) is 0 Å². The number of sulfonamides is 1. The molecule has 2 rings (SSSR count). The Bertz CT molecular complexity index is 876. The quantitative estimate of drug-likeness (QED) is 0.823. The Balaban J connectivity index is 2.41. The summed E-state index contributed by atoms with van der Waals surface area (Å²) in [6.45, 7) is 5.43. The zero-order valence-corrected chi connectivity index (χ0v) is 15.5. The van der Waals surface area contributed by atoms with Gasteiger partial charge in [0.15, 0.2) is 0 Å². The van der Waals surface area contributed by atoms with Gasteiger partial charge >= 0.3 is 0 Å². The van der Waals surface area contributed by atoms with Crippen molar-refractivity contribution in [1.29, 1.82) is 0 Å². The van der Waals surface area contributed by atoms with Crippen LogP contribution in [0.3, 0.4) is 0 Å². The molecule has 0 aliphatic heterocycles. The van der Waals surface area contributed by atoms with Gasteiger partial charge in [0.25, 0.3) is 10.0 Å². The molecule has 0 aliphatic carbocycles. The lowest BCUT2D eigenvalue weighted by atomic mass is 10.0. The van der Waals surface area contributed by atoms with Crippen molar-refractivity contribution in [3.05, 3.63) is 48.0 Å². The SMILES string of the molecule is COc1ccc(NC(C)=O)cc1S(=O)(=O)Nc1cccc(C(C)C)c1. The Labute approximate surface area is 148 Å². The molecule has 2 aromatic carbocycles. The molecule has 2 N–H and O–H groups in total. The highest BCUT2D eigenvalue weighted by molar-refractivity contribution is 7.92. The van der Waals surface area contributed by atoms with Crippen LogP contribution in [0.1, 0.15) is 32.3 Å². The van der Waals surface area contributed by atoms with E-state index in [1.165, 1.54) is 26.2 Å². The summed E-state index contributed by atoms with van der Waals surface area (Å²) in [5, 5.41) is 2.57. The standard InChI is InChI=1S/C18H22N2O4S/c1-12(2)14-6-5-7-16(10-14)20-25(22,23)18-11-15(19-13(3)21)8-9-17(18)24-4/h5-12,20H,1-4H3,(H,19,21). The van der Waals surface area contributed by atoms with Crippen LogP contribution in [0.2, 0.25) is 0 Å². The molecule has 25 heavy (non-hydrogen) atoms. The van der Waals surface area contributed by atoms with Crippen molar-refractivity contribution in [2.45, 2.75) is 31.6 Å². The highest BCUT2D eigenvalue weighted by atomic mass is 32.2. The molecule has 0 fully saturated rings. The van der Waals surface area contributed by atoms with E-state index in [9.17, 15) is 13.2 Å². The first-order valence-corrected chi connectivity index (χ1v) is 9.29. The lowest BCUT2D eigenvalue weighted by Gasteiger charge is -2.14. The summed E-state index contributed by atoms with van der Waals surface area (Å²) in [5.41, 5.74) is 1.88. The fraction of sp³-hybridized carbons (Fsp3) is 0.278. The molecule has 1 amide bonds. The van der Waals surface area contributed by atoms with Gasteiger partial charge in [0.05, 0.1) is 7.11 Å². The molecule has 0 saturated carbocycles. The molecular weight excluding hydrogens is 340 g/mol. The lowest BCUT2D eigenvalue weighted by molar-refractivity contribution is -0.114. The maximum atomic E-state index is 12.8. The van der Waals surface area contributed by atoms with Gasteiger partial charge in [-0.15, -0.1) is 0 Å². The first kappa shape index (κ1) is 18.8. The summed E-state index contributed by atoms with van der Waals surface area (Å²) in [7, 11) is -2.49. The Morgan fingerprint density at radius 3 is 2.40 bits per heavy atom. The maximum absolute atomic E-state index is 12.8. The zero-order chi connectivity index (χ0) is 18.6. The van der Waals surface area contributed by atoms with Crippen molar-refractivity contribution < 1.29 is 17.9 Å². The molecule has 2 aromatic rings. The predicted octanol–water partition coefficient (Wildman–Crippen LogP) is 3.58. The third-order valence-electron chi connectivity index (χ3n) is 3.58. The van der Waals surface area contributed by atoms with Crippen molar-refractivity contribution in [3.8, 4) is 5.75 Å². The normalized spacial score (nSPS) is 11.2. The van der Waals surface area contributed by atoms with E-state index in [2.05, 4.69) is 10.0 Å². The van der Waals surface area contributed by atoms with Crippen LogP contribution in [-0.4, -0.2) is 21.4 Å². The summed E-state index contributed by atoms with van der Waals surface area (Å²) in [6.07, 6.45) is 0. The Morgan fingerprint density at radius 2 is 1.80 bits per heavy atom. The monoisotopic (exact) mass is 362 g/mol. The third-order valence-corrected chi connectivity index (χ3v) is 4.98. The van der Waals surface area contributed by atoms with Crippen molar-refractivity contribution in [2.24, 2.45) is 0 Å². The Kier molecular flexibility index (Phi) is 5.69. The van der Waals surface area contributed by atoms with Gasteiger partial charge < -0.3 is 10.1 Å². The number of carbonyl (C=O) groups is 1. The summed E-state index contributed by atoms with van der Waals surface area (Å²) >= 11 is 0. The van der Waals surface area contributed by atoms with Gasteiger partial charge in [-0.2, -0.15) is 0 Å². The number of amides is 1. The van der Waals surface area contributed by atoms with Crippen LogP contribution < -0.4 is 14.8 Å². The first-order chi connectivity index (χ1) is 11.7. The van der Waals surface area contributed by atoms with E-state index in [-0.39, 0.29) is 22.5 Å². The van der Waals surface area contributed by atoms with E-state index >= 15 is 0 Å². The largest absolute Gasteiger partial charge is 0.495 e. The number of ether oxygens (including phenoxy) is 1. The molecule has 0 atom stereocenters. The minimum atomic E-state index is -3.88. The second-order valence-corrected chi connectivity index (χ2v) is 7.58. The van der Waals surface area contributed by atoms with Crippen LogP contribution in [0.5, 0.6) is 5.75 Å². The predicted molar refractivity (Wildman–Crippen MR) is 98.6 cm³/mol. The average molecular weight is 362 g/mol. The molecule has 0 aromatic heterocycles. The molecule has 134 valence electrons. The van der Waals surface area contributed by atoms with Crippen LogP contribution in [-0.2, 0) is 14.8 Å². The van der Waals surface area contributed by atoms with Crippen LogP contribution in [0.4, 0.5) is 11.4 Å². The zero-order valence-electron chi connectivity index (χ0n) is 14.7. The molecule has 6 nitrogen and oxygen atoms in total. The molecule has 0 bridgehead atoms. The Hall–Kier alpha value is -2.54. The lowest BCUT2D eigenvalue weighted by Crippen LogP contribution is -2.15. The number of benzene rings is 2. The summed E-state index contributed by atoms with van der Waals surface area (Å²) in [5.74, 6) is 0.190. The van der Waals surface area contributed by atoms with Crippen molar-refractivity contribution >= 4 is 27.3 Å². The van der Waals surface area contributed by atoms with Gasteiger partial charge in [0.1, 0.15) is 10.6 Å². The summed E-state index contributed by atoms with van der Waals surface area (Å²) in [6, 6.07) is 11.7. The molecule has 0 radical (unpaired) electrons. The van der Waals surface area contributed by atoms with Crippen LogP contribution in [0.25, 0.3) is 0 Å². The van der Waals surface area contributed by atoms with Gasteiger partial charge in [-0.1, -0.05) is 26.0 Å². The molecular formula is C18H22N2O4S. The van der Waals surface area contributed by atoms with E-state index in [1.54, 1.807) is 24.3 Å². The van der Waals surface area contributed by atoms with Crippen LogP contribution >= 0.6 is 0 Å². The maximum Gasteiger partial charge on any atom is 0.265 e. The van der Waals surface area contributed by atoms with Gasteiger partial charge in [0, 0.05) is 18.3 Å². The van der Waals surface area contributed by atoms with Gasteiger partial charge in [0.2, 0.25) is 5.91 Å². The fourth-order valence-corrected chi connectivity index (χ4v) is 3.58. The second kappa shape index (κ2) is 7.57. The first-order valence-electron chi connectivity index (χ1n) is 7.81. The van der Waals surface area contributed by atoms with Crippen LogP contribution in [0.15, 0.2) is 47.4 Å². The number of anilines is 2. The van der Waals surface area contributed by atoms with E-state index in [0.717, 1.165) is 5.56 Å². The third kappa shape index (κ3) is 4.73. The molecule has 0 unspecified atom stereocenters. The van der Waals surface area contributed by atoms with E-state index < -0.39 is 10.0 Å². The Morgan fingerprint density at radius 1 is 1.08 bits per heavy atom.